The van der Waals surface area contributed by atoms with Gasteiger partial charge >= 0.3 is 0 Å². The van der Waals surface area contributed by atoms with E-state index in [4.69, 9.17) is 14.2 Å². The first-order chi connectivity index (χ1) is 31.0. The zero-order chi connectivity index (χ0) is 44.3. The first kappa shape index (κ1) is 41.4. The van der Waals surface area contributed by atoms with E-state index in [1.165, 1.54) is 0 Å². The van der Waals surface area contributed by atoms with Gasteiger partial charge in [0.25, 0.3) is 17.7 Å². The fourth-order valence-corrected chi connectivity index (χ4v) is 12.9. The monoisotopic (exact) mass is 876 g/mol. The lowest BCUT2D eigenvalue weighted by Crippen LogP contribution is -2.46. The number of aryl methyl sites for hydroxylation is 1. The molecule has 64 heavy (non-hydrogen) atoms. The summed E-state index contributed by atoms with van der Waals surface area (Å²) in [7, 11) is -3.06. The number of hydrogen-bond donors (Lipinski definition) is 2. The first-order valence-corrected chi connectivity index (χ1v) is 24.6. The summed E-state index contributed by atoms with van der Waals surface area (Å²) in [6, 6.07) is 37.6. The third kappa shape index (κ3) is 6.95. The smallest absolute Gasteiger partial charge is 0.269 e. The highest BCUT2D eigenvalue weighted by atomic mass is 28.4. The molecule has 14 nitrogen and oxygen atoms in total. The lowest BCUT2D eigenvalue weighted by Gasteiger charge is -2.33. The highest BCUT2D eigenvalue weighted by Gasteiger charge is 2.66. The quantitative estimate of drug-likeness (QED) is 0.131. The molecule has 1 spiro atoms. The minimum atomic E-state index is -3.06. The molecule has 0 aliphatic carbocycles. The van der Waals surface area contributed by atoms with Crippen LogP contribution in [0, 0.1) is 5.92 Å². The fourth-order valence-electron chi connectivity index (χ4n) is 10.3. The van der Waals surface area contributed by atoms with Crippen molar-refractivity contribution in [2.24, 2.45) is 5.92 Å². The number of benzene rings is 5. The van der Waals surface area contributed by atoms with Gasteiger partial charge in [-0.05, 0) is 85.2 Å². The van der Waals surface area contributed by atoms with E-state index < -0.39 is 25.9 Å². The number of nitrogens with zero attached hydrogens (tertiary/aromatic N) is 6. The molecule has 0 bridgehead atoms. The molecule has 1 aromatic heterocycles. The fraction of sp³-hybridized carbons (Fsp3) is 0.286. The second-order valence-electron chi connectivity index (χ2n) is 17.4. The lowest BCUT2D eigenvalue weighted by molar-refractivity contribution is -0.146. The molecule has 4 aliphatic rings. The zero-order valence-electron chi connectivity index (χ0n) is 35.7. The maximum absolute atomic E-state index is 15.6. The summed E-state index contributed by atoms with van der Waals surface area (Å²) in [6.45, 7) is 5.92. The molecule has 326 valence electrons. The Balaban J connectivity index is 1.02. The number of fused-ring (bicyclic) bond motifs is 4. The largest absolute Gasteiger partial charge is 0.482 e. The number of aliphatic hydroxyl groups excluding tert-OH is 1. The Labute approximate surface area is 371 Å². The number of rotatable bonds is 11. The van der Waals surface area contributed by atoms with Crippen LogP contribution < -0.4 is 24.2 Å². The summed E-state index contributed by atoms with van der Waals surface area (Å²) in [5.74, 6) is -0.402. The van der Waals surface area contributed by atoms with E-state index in [9.17, 15) is 19.5 Å². The van der Waals surface area contributed by atoms with E-state index in [1.807, 2.05) is 148 Å². The van der Waals surface area contributed by atoms with Crippen molar-refractivity contribution in [1.29, 1.82) is 0 Å². The lowest BCUT2D eigenvalue weighted by atomic mass is 9.82. The molecule has 1 saturated heterocycles. The third-order valence-electron chi connectivity index (χ3n) is 13.1. The van der Waals surface area contributed by atoms with Crippen LogP contribution in [0.3, 0.4) is 0 Å². The summed E-state index contributed by atoms with van der Waals surface area (Å²) < 4.78 is 20.5. The zero-order valence-corrected chi connectivity index (χ0v) is 36.7. The molecule has 5 atom stereocenters. The summed E-state index contributed by atoms with van der Waals surface area (Å²) in [6.07, 6.45) is 1.69. The van der Waals surface area contributed by atoms with Crippen molar-refractivity contribution >= 4 is 54.5 Å². The Morgan fingerprint density at radius 3 is 2.08 bits per heavy atom. The topological polar surface area (TPSA) is 160 Å². The van der Waals surface area contributed by atoms with E-state index in [-0.39, 0.29) is 55.5 Å². The Bertz CT molecular complexity index is 2780. The summed E-state index contributed by atoms with van der Waals surface area (Å²) in [4.78, 5) is 59.7. The van der Waals surface area contributed by atoms with Gasteiger partial charge < -0.3 is 29.0 Å². The molecule has 2 N–H and O–H groups in total. The standard InChI is InChI=1S/C49H48N6O8Si/c1-31-47(64(2,3)60)44(22-23-52-27-38(50-51-52)36(28-56)33-13-5-4-6-14-33)63-49(31)37-25-35(55-41-17-8-10-19-43(41)62-30-46(55)58)20-21-39(37)53(48(49)59)26-32-12-11-15-34(24-32)54-40-16-7-9-18-42(40)61-29-45(54)57/h4-21,24-25,27,31,36,44,47,56,60H,22-23,26,28-30H2,1-3H3/t31-,36?,44+,47-,49+/m0/s1. The number of aliphatic hydroxyl groups is 1. The van der Waals surface area contributed by atoms with Gasteiger partial charge in [-0.2, -0.15) is 0 Å². The molecular weight excluding hydrogens is 829 g/mol. The number of para-hydroxylation sites is 4. The molecule has 5 heterocycles. The normalized spacial score (nSPS) is 22.0. The molecule has 0 radical (unpaired) electrons. The highest BCUT2D eigenvalue weighted by molar-refractivity contribution is 6.71. The molecule has 15 heteroatoms. The summed E-state index contributed by atoms with van der Waals surface area (Å²) in [5, 5.41) is 19.2. The molecule has 3 amide bonds. The van der Waals surface area contributed by atoms with Crippen LogP contribution >= 0.6 is 0 Å². The van der Waals surface area contributed by atoms with Crippen molar-refractivity contribution in [2.75, 3.05) is 34.5 Å². The molecule has 10 rings (SSSR count). The van der Waals surface area contributed by atoms with E-state index in [0.717, 1.165) is 11.1 Å². The van der Waals surface area contributed by atoms with Crippen molar-refractivity contribution in [3.05, 3.63) is 150 Å². The van der Waals surface area contributed by atoms with Crippen LogP contribution in [0.25, 0.3) is 0 Å². The highest BCUT2D eigenvalue weighted by Crippen LogP contribution is 2.60. The Morgan fingerprint density at radius 1 is 0.781 bits per heavy atom. The Morgan fingerprint density at radius 2 is 1.42 bits per heavy atom. The van der Waals surface area contributed by atoms with E-state index in [2.05, 4.69) is 10.3 Å². The van der Waals surface area contributed by atoms with Crippen LogP contribution in [0.4, 0.5) is 28.4 Å². The number of carbonyl (C=O) groups is 3. The van der Waals surface area contributed by atoms with Gasteiger partial charge in [-0.25, -0.2) is 0 Å². The maximum Gasteiger partial charge on any atom is 0.269 e. The molecule has 1 fully saturated rings. The van der Waals surface area contributed by atoms with Crippen molar-refractivity contribution in [3.63, 3.8) is 0 Å². The average Bonchev–Trinajstić information content (AvgIpc) is 3.96. The number of carbonyl (C=O) groups excluding carboxylic acids is 3. The van der Waals surface area contributed by atoms with Crippen molar-refractivity contribution in [2.45, 2.75) is 62.7 Å². The minimum Gasteiger partial charge on any atom is -0.482 e. The van der Waals surface area contributed by atoms with Crippen molar-refractivity contribution < 1.29 is 38.5 Å². The van der Waals surface area contributed by atoms with Gasteiger partial charge in [0.1, 0.15) is 11.5 Å². The second kappa shape index (κ2) is 16.2. The molecule has 5 aromatic carbocycles. The predicted octanol–water partition coefficient (Wildman–Crippen LogP) is 6.95. The number of hydrogen-bond acceptors (Lipinski definition) is 10. The Kier molecular flexibility index (Phi) is 10.4. The van der Waals surface area contributed by atoms with Gasteiger partial charge in [-0.15, -0.1) is 5.10 Å². The number of ether oxygens (including phenoxy) is 3. The summed E-state index contributed by atoms with van der Waals surface area (Å²) in [5.41, 5.74) is 4.09. The van der Waals surface area contributed by atoms with E-state index in [1.54, 1.807) is 19.4 Å². The Hall–Kier alpha value is -6.65. The van der Waals surface area contributed by atoms with Crippen molar-refractivity contribution in [3.8, 4) is 11.5 Å². The third-order valence-corrected chi connectivity index (χ3v) is 15.6. The van der Waals surface area contributed by atoms with Gasteiger partial charge in [0.05, 0.1) is 47.9 Å². The molecule has 6 aromatic rings. The molecular formula is C49H48N6O8Si. The van der Waals surface area contributed by atoms with Gasteiger partial charge in [0.15, 0.2) is 27.1 Å². The predicted molar refractivity (Wildman–Crippen MR) is 241 cm³/mol. The van der Waals surface area contributed by atoms with Crippen LogP contribution in [0.5, 0.6) is 11.5 Å². The molecule has 0 saturated carbocycles. The maximum atomic E-state index is 15.6. The first-order valence-electron chi connectivity index (χ1n) is 21.6. The number of aromatic nitrogens is 3. The van der Waals surface area contributed by atoms with Gasteiger partial charge in [-0.1, -0.05) is 78.9 Å². The molecule has 4 aliphatic heterocycles. The van der Waals surface area contributed by atoms with E-state index >= 15 is 4.79 Å². The van der Waals surface area contributed by atoms with Gasteiger partial charge in [0, 0.05) is 41.1 Å². The minimum absolute atomic E-state index is 0.1000. The van der Waals surface area contributed by atoms with Crippen LogP contribution in [0.2, 0.25) is 18.6 Å². The SMILES string of the molecule is C[C@H]1[C@H]([Si](C)(C)O)[C@@H](CCn2cc(C(CO)c3ccccc3)nn2)O[C@]12C(=O)N(Cc1cccc(N3C(=O)COc4ccccc43)c1)c1ccc(N3C(=O)COc4ccccc43)cc12. The van der Waals surface area contributed by atoms with Crippen LogP contribution in [0.15, 0.2) is 128 Å². The van der Waals surface area contributed by atoms with Crippen molar-refractivity contribution in [1.82, 2.24) is 15.0 Å². The van der Waals surface area contributed by atoms with Crippen LogP contribution in [0.1, 0.15) is 41.6 Å². The van der Waals surface area contributed by atoms with E-state index in [0.29, 0.717) is 64.2 Å². The van der Waals surface area contributed by atoms with Gasteiger partial charge in [0.2, 0.25) is 0 Å². The number of amides is 3. The molecule has 1 unspecified atom stereocenters. The second-order valence-corrected chi connectivity index (χ2v) is 21.4. The summed E-state index contributed by atoms with van der Waals surface area (Å²) >= 11 is 0. The van der Waals surface area contributed by atoms with Gasteiger partial charge in [-0.3, -0.25) is 28.9 Å². The van der Waals surface area contributed by atoms with Crippen LogP contribution in [-0.2, 0) is 37.8 Å². The average molecular weight is 877 g/mol. The van der Waals surface area contributed by atoms with Crippen LogP contribution in [-0.4, -0.2) is 76.9 Å². The number of anilines is 5.